The molecule has 0 heterocycles. The van der Waals surface area contributed by atoms with E-state index >= 15 is 0 Å². The minimum absolute atomic E-state index is 0.0903. The van der Waals surface area contributed by atoms with Crippen LogP contribution in [0.3, 0.4) is 0 Å². The lowest BCUT2D eigenvalue weighted by Gasteiger charge is -2.13. The maximum Gasteiger partial charge on any atom is 0.237 e. The summed E-state index contributed by atoms with van der Waals surface area (Å²) in [7, 11) is 0. The number of rotatable bonds is 6. The van der Waals surface area contributed by atoms with Crippen molar-refractivity contribution in [3.63, 3.8) is 0 Å². The first kappa shape index (κ1) is 15.3. The molecule has 0 spiro atoms. The number of hydrogen-bond acceptors (Lipinski definition) is 2. The fourth-order valence-corrected chi connectivity index (χ4v) is 2.30. The quantitative estimate of drug-likeness (QED) is 0.853. The van der Waals surface area contributed by atoms with E-state index in [1.165, 1.54) is 11.1 Å². The maximum absolute atomic E-state index is 12.0. The standard InChI is InChI=1S/C18H22N2O/c1-14-7-5-6-10-16(14)11-12-20-18(21)17(19)13-15-8-3-2-4-9-15/h2-10,17H,11-13,19H2,1H3,(H,20,21). The highest BCUT2D eigenvalue weighted by molar-refractivity contribution is 5.81. The number of carbonyl (C=O) groups is 1. The molecule has 21 heavy (non-hydrogen) atoms. The second-order valence-corrected chi connectivity index (χ2v) is 5.26. The van der Waals surface area contributed by atoms with Gasteiger partial charge >= 0.3 is 0 Å². The van der Waals surface area contributed by atoms with Crippen molar-refractivity contribution in [2.24, 2.45) is 5.73 Å². The first-order valence-corrected chi connectivity index (χ1v) is 7.28. The van der Waals surface area contributed by atoms with E-state index in [1.807, 2.05) is 42.5 Å². The summed E-state index contributed by atoms with van der Waals surface area (Å²) in [5.41, 5.74) is 9.54. The molecule has 0 aliphatic heterocycles. The van der Waals surface area contributed by atoms with E-state index < -0.39 is 6.04 Å². The lowest BCUT2D eigenvalue weighted by atomic mass is 10.0. The number of aryl methyl sites for hydroxylation is 1. The molecule has 1 atom stereocenters. The second-order valence-electron chi connectivity index (χ2n) is 5.26. The average Bonchev–Trinajstić information content (AvgIpc) is 2.50. The van der Waals surface area contributed by atoms with Crippen LogP contribution in [0.15, 0.2) is 54.6 Å². The van der Waals surface area contributed by atoms with Gasteiger partial charge in [-0.1, -0.05) is 54.6 Å². The SMILES string of the molecule is Cc1ccccc1CCNC(=O)C(N)Cc1ccccc1. The molecule has 2 aromatic carbocycles. The Morgan fingerprint density at radius 1 is 1.10 bits per heavy atom. The van der Waals surface area contributed by atoms with E-state index in [9.17, 15) is 4.79 Å². The summed E-state index contributed by atoms with van der Waals surface area (Å²) in [6.07, 6.45) is 1.40. The summed E-state index contributed by atoms with van der Waals surface area (Å²) in [6, 6.07) is 17.6. The Morgan fingerprint density at radius 2 is 1.76 bits per heavy atom. The van der Waals surface area contributed by atoms with Gasteiger partial charge in [-0.3, -0.25) is 4.79 Å². The highest BCUT2D eigenvalue weighted by Gasteiger charge is 2.13. The van der Waals surface area contributed by atoms with Gasteiger partial charge in [-0.25, -0.2) is 0 Å². The van der Waals surface area contributed by atoms with Crippen LogP contribution in [-0.4, -0.2) is 18.5 Å². The van der Waals surface area contributed by atoms with E-state index in [4.69, 9.17) is 5.73 Å². The predicted molar refractivity (Wildman–Crippen MR) is 86.0 cm³/mol. The van der Waals surface area contributed by atoms with Gasteiger partial charge < -0.3 is 11.1 Å². The molecule has 0 aliphatic carbocycles. The van der Waals surface area contributed by atoms with Gasteiger partial charge in [-0.05, 0) is 36.5 Å². The van der Waals surface area contributed by atoms with Gasteiger partial charge in [0.05, 0.1) is 6.04 Å². The van der Waals surface area contributed by atoms with Crippen LogP contribution in [0.25, 0.3) is 0 Å². The number of benzene rings is 2. The number of hydrogen-bond donors (Lipinski definition) is 2. The largest absolute Gasteiger partial charge is 0.354 e. The number of nitrogens with one attached hydrogen (secondary N) is 1. The first-order valence-electron chi connectivity index (χ1n) is 7.28. The van der Waals surface area contributed by atoms with E-state index in [2.05, 4.69) is 24.4 Å². The van der Waals surface area contributed by atoms with Crippen molar-refractivity contribution in [3.8, 4) is 0 Å². The van der Waals surface area contributed by atoms with Crippen molar-refractivity contribution < 1.29 is 4.79 Å². The Bertz CT molecular complexity index is 581. The van der Waals surface area contributed by atoms with Crippen LogP contribution in [0.1, 0.15) is 16.7 Å². The van der Waals surface area contributed by atoms with Crippen LogP contribution in [-0.2, 0) is 17.6 Å². The van der Waals surface area contributed by atoms with Crippen LogP contribution < -0.4 is 11.1 Å². The van der Waals surface area contributed by atoms with Crippen LogP contribution in [0.5, 0.6) is 0 Å². The lowest BCUT2D eigenvalue weighted by Crippen LogP contribution is -2.42. The Kier molecular flexibility index (Phi) is 5.52. The van der Waals surface area contributed by atoms with Crippen molar-refractivity contribution in [3.05, 3.63) is 71.3 Å². The summed E-state index contributed by atoms with van der Waals surface area (Å²) in [6.45, 7) is 2.70. The summed E-state index contributed by atoms with van der Waals surface area (Å²) in [4.78, 5) is 12.0. The molecule has 110 valence electrons. The second kappa shape index (κ2) is 7.60. The summed E-state index contributed by atoms with van der Waals surface area (Å²) < 4.78 is 0. The van der Waals surface area contributed by atoms with E-state index in [0.29, 0.717) is 13.0 Å². The van der Waals surface area contributed by atoms with Crippen molar-refractivity contribution in [2.75, 3.05) is 6.54 Å². The van der Waals surface area contributed by atoms with Crippen LogP contribution in [0.4, 0.5) is 0 Å². The molecule has 2 aromatic rings. The maximum atomic E-state index is 12.0. The van der Waals surface area contributed by atoms with Gasteiger partial charge in [-0.15, -0.1) is 0 Å². The Morgan fingerprint density at radius 3 is 2.48 bits per heavy atom. The van der Waals surface area contributed by atoms with E-state index in [1.54, 1.807) is 0 Å². The van der Waals surface area contributed by atoms with E-state index in [-0.39, 0.29) is 5.91 Å². The molecular formula is C18H22N2O. The van der Waals surface area contributed by atoms with Crippen LogP contribution in [0.2, 0.25) is 0 Å². The summed E-state index contributed by atoms with van der Waals surface area (Å²) >= 11 is 0. The molecule has 0 aliphatic rings. The molecule has 0 fully saturated rings. The number of amides is 1. The molecule has 0 bridgehead atoms. The normalized spacial score (nSPS) is 11.9. The topological polar surface area (TPSA) is 55.1 Å². The van der Waals surface area contributed by atoms with Crippen molar-refractivity contribution in [1.82, 2.24) is 5.32 Å². The number of carbonyl (C=O) groups excluding carboxylic acids is 1. The molecule has 1 unspecified atom stereocenters. The molecule has 2 rings (SSSR count). The Balaban J connectivity index is 1.78. The van der Waals surface area contributed by atoms with Crippen molar-refractivity contribution >= 4 is 5.91 Å². The fraction of sp³-hybridized carbons (Fsp3) is 0.278. The minimum atomic E-state index is -0.496. The molecule has 0 radical (unpaired) electrons. The smallest absolute Gasteiger partial charge is 0.237 e. The lowest BCUT2D eigenvalue weighted by molar-refractivity contribution is -0.122. The third-order valence-corrected chi connectivity index (χ3v) is 3.59. The zero-order valence-electron chi connectivity index (χ0n) is 12.4. The predicted octanol–water partition coefficient (Wildman–Crippen LogP) is 2.22. The third-order valence-electron chi connectivity index (χ3n) is 3.59. The Hall–Kier alpha value is -2.13. The molecule has 3 heteroatoms. The Labute approximate surface area is 126 Å². The van der Waals surface area contributed by atoms with Gasteiger partial charge in [0.2, 0.25) is 5.91 Å². The third kappa shape index (κ3) is 4.72. The monoisotopic (exact) mass is 282 g/mol. The zero-order chi connectivity index (χ0) is 15.1. The molecule has 3 nitrogen and oxygen atoms in total. The van der Waals surface area contributed by atoms with Crippen molar-refractivity contribution in [2.45, 2.75) is 25.8 Å². The van der Waals surface area contributed by atoms with E-state index in [0.717, 1.165) is 12.0 Å². The van der Waals surface area contributed by atoms with Gasteiger partial charge in [-0.2, -0.15) is 0 Å². The highest BCUT2D eigenvalue weighted by atomic mass is 16.2. The van der Waals surface area contributed by atoms with Gasteiger partial charge in [0.1, 0.15) is 0 Å². The average molecular weight is 282 g/mol. The molecule has 3 N–H and O–H groups in total. The zero-order valence-corrected chi connectivity index (χ0v) is 12.4. The molecule has 0 saturated carbocycles. The summed E-state index contributed by atoms with van der Waals surface area (Å²) in [5.74, 6) is -0.0903. The van der Waals surface area contributed by atoms with Crippen LogP contribution in [0, 0.1) is 6.92 Å². The fourth-order valence-electron chi connectivity index (χ4n) is 2.30. The molecule has 0 saturated heterocycles. The van der Waals surface area contributed by atoms with Gasteiger partial charge in [0.25, 0.3) is 0 Å². The first-order chi connectivity index (χ1) is 10.2. The van der Waals surface area contributed by atoms with Gasteiger partial charge in [0, 0.05) is 6.54 Å². The molecule has 0 aromatic heterocycles. The highest BCUT2D eigenvalue weighted by Crippen LogP contribution is 2.07. The summed E-state index contributed by atoms with van der Waals surface area (Å²) in [5, 5.41) is 2.91. The van der Waals surface area contributed by atoms with Crippen molar-refractivity contribution in [1.29, 1.82) is 0 Å². The van der Waals surface area contributed by atoms with Gasteiger partial charge in [0.15, 0.2) is 0 Å². The minimum Gasteiger partial charge on any atom is -0.354 e. The molecule has 1 amide bonds. The van der Waals surface area contributed by atoms with Crippen LogP contribution >= 0.6 is 0 Å². The molecular weight excluding hydrogens is 260 g/mol. The number of nitrogens with two attached hydrogens (primary N) is 1.